The first-order valence-electron chi connectivity index (χ1n) is 8.82. The third-order valence-electron chi connectivity index (χ3n) is 3.84. The normalized spacial score (nSPS) is 10.1. The largest absolute Gasteiger partial charge is 0.497 e. The molecule has 0 atom stereocenters. The Morgan fingerprint density at radius 1 is 0.700 bits per heavy atom. The number of carbonyl (C=O) groups excluding carboxylic acids is 2. The van der Waals surface area contributed by atoms with Gasteiger partial charge in [-0.25, -0.2) is 0 Å². The van der Waals surface area contributed by atoms with Crippen molar-refractivity contribution in [3.05, 3.63) is 36.4 Å². The van der Waals surface area contributed by atoms with E-state index in [0.717, 1.165) is 23.5 Å². The van der Waals surface area contributed by atoms with Crippen LogP contribution in [-0.4, -0.2) is 50.4 Å². The van der Waals surface area contributed by atoms with Gasteiger partial charge in [-0.1, -0.05) is 23.5 Å². The fourth-order valence-electron chi connectivity index (χ4n) is 2.38. The molecule has 0 saturated heterocycles. The van der Waals surface area contributed by atoms with Gasteiger partial charge in [-0.2, -0.15) is 0 Å². The predicted molar refractivity (Wildman–Crippen MR) is 122 cm³/mol. The van der Waals surface area contributed by atoms with Gasteiger partial charge in [-0.05, 0) is 24.3 Å². The van der Waals surface area contributed by atoms with E-state index in [0.29, 0.717) is 45.9 Å². The monoisotopic (exact) mass is 452 g/mol. The van der Waals surface area contributed by atoms with E-state index >= 15 is 0 Å². The summed E-state index contributed by atoms with van der Waals surface area (Å²) in [5, 5.41) is 5.04. The number of hydrogen-bond acceptors (Lipinski definition) is 8. The molecule has 0 aliphatic rings. The van der Waals surface area contributed by atoms with Gasteiger partial charge in [0.05, 0.1) is 39.8 Å². The SMILES string of the molecule is COc1ccc(OC)c(NC(=O)SCCSC(=O)Nc2cc(OC)ccc2OC)c1. The van der Waals surface area contributed by atoms with E-state index in [4.69, 9.17) is 18.9 Å². The second kappa shape index (κ2) is 12.1. The highest BCUT2D eigenvalue weighted by atomic mass is 32.2. The fraction of sp³-hybridized carbons (Fsp3) is 0.300. The Kier molecular flexibility index (Phi) is 9.49. The minimum absolute atomic E-state index is 0.253. The van der Waals surface area contributed by atoms with Crippen LogP contribution in [0.2, 0.25) is 0 Å². The van der Waals surface area contributed by atoms with Crippen molar-refractivity contribution < 1.29 is 28.5 Å². The number of carbonyl (C=O) groups is 2. The van der Waals surface area contributed by atoms with Crippen LogP contribution in [0.1, 0.15) is 0 Å². The molecule has 2 rings (SSSR count). The van der Waals surface area contributed by atoms with Crippen molar-refractivity contribution in [2.24, 2.45) is 0 Å². The molecule has 8 nitrogen and oxygen atoms in total. The van der Waals surface area contributed by atoms with Crippen molar-refractivity contribution in [1.82, 2.24) is 0 Å². The van der Waals surface area contributed by atoms with Crippen LogP contribution in [0, 0.1) is 0 Å². The molecule has 0 aromatic heterocycles. The predicted octanol–water partition coefficient (Wildman–Crippen LogP) is 4.95. The van der Waals surface area contributed by atoms with Crippen LogP contribution in [0.25, 0.3) is 0 Å². The first-order valence-corrected chi connectivity index (χ1v) is 10.8. The van der Waals surface area contributed by atoms with E-state index < -0.39 is 0 Å². The summed E-state index contributed by atoms with van der Waals surface area (Å²) < 4.78 is 20.8. The van der Waals surface area contributed by atoms with Gasteiger partial charge in [0.15, 0.2) is 0 Å². The van der Waals surface area contributed by atoms with E-state index in [9.17, 15) is 9.59 Å². The van der Waals surface area contributed by atoms with Crippen molar-refractivity contribution in [3.8, 4) is 23.0 Å². The van der Waals surface area contributed by atoms with Gasteiger partial charge in [-0.15, -0.1) is 0 Å². The molecule has 0 saturated carbocycles. The number of rotatable bonds is 9. The van der Waals surface area contributed by atoms with Crippen LogP contribution < -0.4 is 29.6 Å². The fourth-order valence-corrected chi connectivity index (χ4v) is 3.79. The lowest BCUT2D eigenvalue weighted by Crippen LogP contribution is -2.10. The molecule has 30 heavy (non-hydrogen) atoms. The summed E-state index contributed by atoms with van der Waals surface area (Å²) in [4.78, 5) is 24.4. The molecule has 2 aromatic rings. The Morgan fingerprint density at radius 2 is 1.10 bits per heavy atom. The summed E-state index contributed by atoms with van der Waals surface area (Å²) in [5.74, 6) is 3.18. The quantitative estimate of drug-likeness (QED) is 0.516. The zero-order valence-electron chi connectivity index (χ0n) is 17.1. The van der Waals surface area contributed by atoms with Crippen molar-refractivity contribution >= 4 is 45.4 Å². The Morgan fingerprint density at radius 3 is 1.43 bits per heavy atom. The molecule has 0 aliphatic heterocycles. The molecule has 0 unspecified atom stereocenters. The molecule has 0 radical (unpaired) electrons. The van der Waals surface area contributed by atoms with Crippen LogP contribution >= 0.6 is 23.5 Å². The minimum Gasteiger partial charge on any atom is -0.497 e. The van der Waals surface area contributed by atoms with Gasteiger partial charge in [0.1, 0.15) is 23.0 Å². The van der Waals surface area contributed by atoms with Crippen LogP contribution in [0.15, 0.2) is 36.4 Å². The van der Waals surface area contributed by atoms with E-state index in [1.165, 1.54) is 14.2 Å². The second-order valence-corrected chi connectivity index (χ2v) is 7.79. The van der Waals surface area contributed by atoms with Crippen molar-refractivity contribution in [2.45, 2.75) is 0 Å². The van der Waals surface area contributed by atoms with Crippen molar-refractivity contribution in [2.75, 3.05) is 50.6 Å². The Balaban J connectivity index is 1.80. The highest BCUT2D eigenvalue weighted by Crippen LogP contribution is 2.31. The third-order valence-corrected chi connectivity index (χ3v) is 5.64. The van der Waals surface area contributed by atoms with E-state index in [-0.39, 0.29) is 10.5 Å². The zero-order chi connectivity index (χ0) is 21.9. The van der Waals surface area contributed by atoms with Crippen LogP contribution in [0.5, 0.6) is 23.0 Å². The summed E-state index contributed by atoms with van der Waals surface area (Å²) >= 11 is 2.15. The van der Waals surface area contributed by atoms with Gasteiger partial charge in [-0.3, -0.25) is 9.59 Å². The summed E-state index contributed by atoms with van der Waals surface area (Å²) in [6, 6.07) is 10.3. The Hall–Kier alpha value is -2.72. The number of amides is 2. The smallest absolute Gasteiger partial charge is 0.283 e. The summed E-state index contributed by atoms with van der Waals surface area (Å²) in [7, 11) is 6.14. The van der Waals surface area contributed by atoms with Crippen LogP contribution in [-0.2, 0) is 0 Å². The molecular weight excluding hydrogens is 428 g/mol. The van der Waals surface area contributed by atoms with Crippen LogP contribution in [0.4, 0.5) is 21.0 Å². The summed E-state index contributed by atoms with van der Waals surface area (Å²) in [6.07, 6.45) is 0. The highest BCUT2D eigenvalue weighted by Gasteiger charge is 2.12. The molecule has 2 aromatic carbocycles. The number of ether oxygens (including phenoxy) is 4. The maximum Gasteiger partial charge on any atom is 0.283 e. The number of methoxy groups -OCH3 is 4. The standard InChI is InChI=1S/C20H24N2O6S2/c1-25-13-5-7-17(27-3)15(11-13)21-19(23)29-9-10-30-20(24)22-16-12-14(26-2)6-8-18(16)28-4/h5-8,11-12H,9-10H2,1-4H3,(H,21,23)(H,22,24). The number of thioether (sulfide) groups is 2. The lowest BCUT2D eigenvalue weighted by Gasteiger charge is -2.12. The second-order valence-electron chi connectivity index (χ2n) is 5.65. The average molecular weight is 453 g/mol. The summed E-state index contributed by atoms with van der Waals surface area (Å²) in [6.45, 7) is 0. The highest BCUT2D eigenvalue weighted by molar-refractivity contribution is 8.17. The lowest BCUT2D eigenvalue weighted by molar-refractivity contribution is 0.268. The Labute approximate surface area is 184 Å². The molecule has 0 bridgehead atoms. The number of nitrogens with one attached hydrogen (secondary N) is 2. The van der Waals surface area contributed by atoms with Gasteiger partial charge >= 0.3 is 0 Å². The maximum absolute atomic E-state index is 12.2. The first kappa shape index (κ1) is 23.6. The van der Waals surface area contributed by atoms with E-state index in [1.807, 2.05) is 0 Å². The topological polar surface area (TPSA) is 95.1 Å². The van der Waals surface area contributed by atoms with E-state index in [2.05, 4.69) is 10.6 Å². The lowest BCUT2D eigenvalue weighted by atomic mass is 10.3. The number of benzene rings is 2. The molecule has 0 fully saturated rings. The summed E-state index contributed by atoms with van der Waals surface area (Å²) in [5.41, 5.74) is 1.04. The first-order chi connectivity index (χ1) is 14.5. The molecule has 0 spiro atoms. The molecule has 0 heterocycles. The van der Waals surface area contributed by atoms with Crippen molar-refractivity contribution in [1.29, 1.82) is 0 Å². The van der Waals surface area contributed by atoms with Gasteiger partial charge in [0.25, 0.3) is 10.5 Å². The molecule has 10 heteroatoms. The average Bonchev–Trinajstić information content (AvgIpc) is 2.76. The third kappa shape index (κ3) is 6.96. The van der Waals surface area contributed by atoms with Crippen molar-refractivity contribution in [3.63, 3.8) is 0 Å². The van der Waals surface area contributed by atoms with Crippen LogP contribution in [0.3, 0.4) is 0 Å². The van der Waals surface area contributed by atoms with Gasteiger partial charge in [0.2, 0.25) is 0 Å². The molecule has 2 N–H and O–H groups in total. The Bertz CT molecular complexity index is 807. The minimum atomic E-state index is -0.253. The van der Waals surface area contributed by atoms with Gasteiger partial charge < -0.3 is 29.6 Å². The maximum atomic E-state index is 12.2. The molecule has 0 aliphatic carbocycles. The van der Waals surface area contributed by atoms with Gasteiger partial charge in [0, 0.05) is 23.6 Å². The molecule has 162 valence electrons. The number of anilines is 2. The molecular formula is C20H24N2O6S2. The number of hydrogen-bond donors (Lipinski definition) is 2. The zero-order valence-corrected chi connectivity index (χ0v) is 18.8. The molecule has 2 amide bonds. The van der Waals surface area contributed by atoms with E-state index in [1.54, 1.807) is 50.6 Å².